The van der Waals surface area contributed by atoms with Crippen LogP contribution in [0.3, 0.4) is 0 Å². The van der Waals surface area contributed by atoms with Gasteiger partial charge in [0.1, 0.15) is 11.8 Å². The van der Waals surface area contributed by atoms with E-state index in [1.165, 1.54) is 6.92 Å². The standard InChI is InChI=1S/C14H18ClNO4/c1-8-6-11(7-9(2)13(8)15)20-5-4-12(17)16-10(3)14(18)19/h6-7,10H,4-5H2,1-3H3,(H,16,17)(H,18,19). The molecule has 1 aromatic rings. The van der Waals surface area contributed by atoms with Crippen LogP contribution in [0, 0.1) is 13.8 Å². The van der Waals surface area contributed by atoms with Crippen molar-refractivity contribution in [3.63, 3.8) is 0 Å². The molecule has 110 valence electrons. The molecule has 1 unspecified atom stereocenters. The van der Waals surface area contributed by atoms with Crippen LogP contribution < -0.4 is 10.1 Å². The predicted octanol–water partition coefficient (Wildman–Crippen LogP) is 2.32. The number of benzene rings is 1. The normalized spacial score (nSPS) is 11.8. The minimum atomic E-state index is -1.07. The van der Waals surface area contributed by atoms with Crippen LogP contribution in [0.5, 0.6) is 5.75 Å². The van der Waals surface area contributed by atoms with Gasteiger partial charge in [0.25, 0.3) is 0 Å². The lowest BCUT2D eigenvalue weighted by Gasteiger charge is -2.11. The van der Waals surface area contributed by atoms with E-state index in [1.54, 1.807) is 12.1 Å². The van der Waals surface area contributed by atoms with Crippen molar-refractivity contribution in [2.24, 2.45) is 0 Å². The van der Waals surface area contributed by atoms with Gasteiger partial charge in [-0.15, -0.1) is 0 Å². The molecule has 0 heterocycles. The van der Waals surface area contributed by atoms with Gasteiger partial charge in [0, 0.05) is 5.02 Å². The highest BCUT2D eigenvalue weighted by Gasteiger charge is 2.13. The van der Waals surface area contributed by atoms with E-state index in [1.807, 2.05) is 13.8 Å². The highest BCUT2D eigenvalue weighted by Crippen LogP contribution is 2.25. The number of amides is 1. The monoisotopic (exact) mass is 299 g/mol. The zero-order chi connectivity index (χ0) is 15.3. The zero-order valence-electron chi connectivity index (χ0n) is 11.7. The van der Waals surface area contributed by atoms with E-state index in [9.17, 15) is 9.59 Å². The molecular weight excluding hydrogens is 282 g/mol. The predicted molar refractivity (Wildman–Crippen MR) is 76.3 cm³/mol. The van der Waals surface area contributed by atoms with Gasteiger partial charge in [0.15, 0.2) is 0 Å². The molecule has 0 aliphatic rings. The van der Waals surface area contributed by atoms with Crippen LogP contribution in [0.4, 0.5) is 0 Å². The average Bonchev–Trinajstić information content (AvgIpc) is 2.35. The lowest BCUT2D eigenvalue weighted by molar-refractivity contribution is -0.141. The summed E-state index contributed by atoms with van der Waals surface area (Å²) >= 11 is 6.05. The second-order valence-corrected chi connectivity index (χ2v) is 4.97. The molecule has 6 heteroatoms. The molecule has 0 aliphatic carbocycles. The number of carbonyl (C=O) groups is 2. The maximum absolute atomic E-state index is 11.5. The van der Waals surface area contributed by atoms with Crippen LogP contribution in [-0.4, -0.2) is 29.6 Å². The molecule has 1 atom stereocenters. The third-order valence-corrected chi connectivity index (χ3v) is 3.35. The first-order valence-corrected chi connectivity index (χ1v) is 6.60. The minimum absolute atomic E-state index is 0.0956. The summed E-state index contributed by atoms with van der Waals surface area (Å²) < 4.78 is 5.47. The summed E-state index contributed by atoms with van der Waals surface area (Å²) in [5.74, 6) is -0.783. The van der Waals surface area contributed by atoms with Crippen LogP contribution in [0.15, 0.2) is 12.1 Å². The van der Waals surface area contributed by atoms with Crippen LogP contribution in [-0.2, 0) is 9.59 Å². The Morgan fingerprint density at radius 2 is 1.90 bits per heavy atom. The number of hydrogen-bond acceptors (Lipinski definition) is 3. The molecule has 1 rings (SSSR count). The van der Waals surface area contributed by atoms with Gasteiger partial charge in [-0.25, -0.2) is 0 Å². The van der Waals surface area contributed by atoms with Gasteiger partial charge in [-0.05, 0) is 44.0 Å². The Labute approximate surface area is 122 Å². The van der Waals surface area contributed by atoms with E-state index in [2.05, 4.69) is 5.32 Å². The molecule has 2 N–H and O–H groups in total. The number of carboxylic acids is 1. The summed E-state index contributed by atoms with van der Waals surface area (Å²) in [7, 11) is 0. The van der Waals surface area contributed by atoms with E-state index in [-0.39, 0.29) is 18.9 Å². The molecule has 0 fully saturated rings. The summed E-state index contributed by atoms with van der Waals surface area (Å²) in [5.41, 5.74) is 1.82. The van der Waals surface area contributed by atoms with Crippen LogP contribution in [0.2, 0.25) is 5.02 Å². The number of halogens is 1. The number of aryl methyl sites for hydroxylation is 2. The lowest BCUT2D eigenvalue weighted by Crippen LogP contribution is -2.38. The van der Waals surface area contributed by atoms with E-state index in [4.69, 9.17) is 21.4 Å². The molecule has 0 bridgehead atoms. The number of rotatable bonds is 6. The van der Waals surface area contributed by atoms with Crippen molar-refractivity contribution in [2.45, 2.75) is 33.2 Å². The fourth-order valence-corrected chi connectivity index (χ4v) is 1.74. The lowest BCUT2D eigenvalue weighted by atomic mass is 10.1. The Hall–Kier alpha value is -1.75. The van der Waals surface area contributed by atoms with Crippen LogP contribution >= 0.6 is 11.6 Å². The number of carbonyl (C=O) groups excluding carboxylic acids is 1. The zero-order valence-corrected chi connectivity index (χ0v) is 12.5. The topological polar surface area (TPSA) is 75.6 Å². The molecular formula is C14H18ClNO4. The molecule has 0 radical (unpaired) electrons. The van der Waals surface area contributed by atoms with E-state index >= 15 is 0 Å². The van der Waals surface area contributed by atoms with E-state index in [0.717, 1.165) is 11.1 Å². The SMILES string of the molecule is Cc1cc(OCCC(=O)NC(C)C(=O)O)cc(C)c1Cl. The number of hydrogen-bond donors (Lipinski definition) is 2. The van der Waals surface area contributed by atoms with Gasteiger partial charge in [0.2, 0.25) is 5.91 Å². The summed E-state index contributed by atoms with van der Waals surface area (Å²) in [5, 5.41) is 11.7. The summed E-state index contributed by atoms with van der Waals surface area (Å²) in [6.07, 6.45) is 0.0956. The van der Waals surface area contributed by atoms with Crippen molar-refractivity contribution in [3.05, 3.63) is 28.3 Å². The Kier molecular flexibility index (Phi) is 5.82. The molecule has 1 aromatic carbocycles. The maximum Gasteiger partial charge on any atom is 0.325 e. The fourth-order valence-electron chi connectivity index (χ4n) is 1.63. The van der Waals surface area contributed by atoms with Crippen molar-refractivity contribution >= 4 is 23.5 Å². The summed E-state index contributed by atoms with van der Waals surface area (Å²) in [6.45, 7) is 5.35. The van der Waals surface area contributed by atoms with Gasteiger partial charge < -0.3 is 15.2 Å². The molecule has 0 saturated heterocycles. The van der Waals surface area contributed by atoms with Crippen molar-refractivity contribution < 1.29 is 19.4 Å². The first-order valence-electron chi connectivity index (χ1n) is 6.23. The van der Waals surface area contributed by atoms with Gasteiger partial charge >= 0.3 is 5.97 Å². The van der Waals surface area contributed by atoms with Crippen LogP contribution in [0.1, 0.15) is 24.5 Å². The first-order chi connectivity index (χ1) is 9.31. The Balaban J connectivity index is 2.45. The molecule has 0 aliphatic heterocycles. The van der Waals surface area contributed by atoms with Crippen molar-refractivity contribution in [3.8, 4) is 5.75 Å². The van der Waals surface area contributed by atoms with Gasteiger partial charge in [-0.1, -0.05) is 11.6 Å². The van der Waals surface area contributed by atoms with Gasteiger partial charge in [-0.2, -0.15) is 0 Å². The highest BCUT2D eigenvalue weighted by atomic mass is 35.5. The van der Waals surface area contributed by atoms with Crippen molar-refractivity contribution in [1.29, 1.82) is 0 Å². The largest absolute Gasteiger partial charge is 0.493 e. The quantitative estimate of drug-likeness (QED) is 0.845. The van der Waals surface area contributed by atoms with Crippen molar-refractivity contribution in [1.82, 2.24) is 5.32 Å². The summed E-state index contributed by atoms with van der Waals surface area (Å²) in [6, 6.07) is 2.70. The fraction of sp³-hybridized carbons (Fsp3) is 0.429. The first kappa shape index (κ1) is 16.3. The number of aliphatic carboxylic acids is 1. The molecule has 0 saturated carbocycles. The number of carboxylic acid groups (broad SMARTS) is 1. The van der Waals surface area contributed by atoms with E-state index < -0.39 is 12.0 Å². The third kappa shape index (κ3) is 4.74. The minimum Gasteiger partial charge on any atom is -0.493 e. The maximum atomic E-state index is 11.5. The average molecular weight is 300 g/mol. The molecule has 1 amide bonds. The van der Waals surface area contributed by atoms with Crippen LogP contribution in [0.25, 0.3) is 0 Å². The van der Waals surface area contributed by atoms with Gasteiger partial charge in [0.05, 0.1) is 13.0 Å². The smallest absolute Gasteiger partial charge is 0.325 e. The second kappa shape index (κ2) is 7.14. The molecule has 20 heavy (non-hydrogen) atoms. The number of nitrogens with one attached hydrogen (secondary N) is 1. The third-order valence-electron chi connectivity index (χ3n) is 2.76. The molecule has 0 spiro atoms. The van der Waals surface area contributed by atoms with E-state index in [0.29, 0.717) is 10.8 Å². The second-order valence-electron chi connectivity index (χ2n) is 4.60. The molecule has 0 aromatic heterocycles. The molecule has 5 nitrogen and oxygen atoms in total. The number of ether oxygens (including phenoxy) is 1. The Morgan fingerprint density at radius 1 is 1.35 bits per heavy atom. The van der Waals surface area contributed by atoms with Gasteiger partial charge in [-0.3, -0.25) is 9.59 Å². The Bertz CT molecular complexity index is 493. The van der Waals surface area contributed by atoms with Crippen molar-refractivity contribution in [2.75, 3.05) is 6.61 Å². The summed E-state index contributed by atoms with van der Waals surface area (Å²) in [4.78, 5) is 22.0. The Morgan fingerprint density at radius 3 is 2.40 bits per heavy atom. The highest BCUT2D eigenvalue weighted by molar-refractivity contribution is 6.32.